The topological polar surface area (TPSA) is 70.7 Å². The van der Waals surface area contributed by atoms with E-state index in [1.54, 1.807) is 24.7 Å². The van der Waals surface area contributed by atoms with Gasteiger partial charge in [-0.1, -0.05) is 12.1 Å². The van der Waals surface area contributed by atoms with Gasteiger partial charge in [0.15, 0.2) is 0 Å². The molecular formula is C15H11BrN4O. The van der Waals surface area contributed by atoms with Crippen molar-refractivity contribution in [2.24, 2.45) is 0 Å². The molecule has 3 aromatic rings. The summed E-state index contributed by atoms with van der Waals surface area (Å²) in [5.41, 5.74) is 3.18. The molecule has 0 unspecified atom stereocenters. The van der Waals surface area contributed by atoms with Crippen molar-refractivity contribution in [2.75, 3.05) is 5.32 Å². The number of anilines is 1. The number of pyridine rings is 1. The third-order valence-electron chi connectivity index (χ3n) is 2.94. The molecule has 21 heavy (non-hydrogen) atoms. The number of benzene rings is 1. The van der Waals surface area contributed by atoms with Crippen molar-refractivity contribution in [3.63, 3.8) is 0 Å². The van der Waals surface area contributed by atoms with Gasteiger partial charge in [-0.25, -0.2) is 9.97 Å². The molecule has 2 heterocycles. The Morgan fingerprint density at radius 2 is 1.90 bits per heavy atom. The number of imidazole rings is 1. The molecule has 0 aliphatic rings. The zero-order valence-corrected chi connectivity index (χ0v) is 12.5. The number of aromatic amines is 1. The summed E-state index contributed by atoms with van der Waals surface area (Å²) in [7, 11) is 0. The van der Waals surface area contributed by atoms with Gasteiger partial charge in [0, 0.05) is 11.9 Å². The fourth-order valence-electron chi connectivity index (χ4n) is 1.86. The standard InChI is InChI=1S/C15H11BrN4O/c16-14-6-3-11(7-18-14)15(21)20-12-4-1-10(2-5-12)13-8-17-9-19-13/h1-9H,(H,17,19)(H,20,21). The van der Waals surface area contributed by atoms with E-state index in [0.717, 1.165) is 16.9 Å². The van der Waals surface area contributed by atoms with Crippen molar-refractivity contribution >= 4 is 27.5 Å². The number of nitrogens with zero attached hydrogens (tertiary/aromatic N) is 2. The summed E-state index contributed by atoms with van der Waals surface area (Å²) in [5.74, 6) is -0.190. The Kier molecular flexibility index (Phi) is 3.79. The van der Waals surface area contributed by atoms with Gasteiger partial charge < -0.3 is 10.3 Å². The first-order chi connectivity index (χ1) is 10.2. The van der Waals surface area contributed by atoms with E-state index >= 15 is 0 Å². The number of hydrogen-bond donors (Lipinski definition) is 2. The molecule has 2 aromatic heterocycles. The summed E-state index contributed by atoms with van der Waals surface area (Å²) in [6.45, 7) is 0. The molecule has 0 saturated carbocycles. The third-order valence-corrected chi connectivity index (χ3v) is 3.41. The number of H-pyrrole nitrogens is 1. The van der Waals surface area contributed by atoms with Gasteiger partial charge in [0.1, 0.15) is 4.60 Å². The monoisotopic (exact) mass is 342 g/mol. The molecule has 0 atom stereocenters. The number of nitrogens with one attached hydrogen (secondary N) is 2. The van der Waals surface area contributed by atoms with Crippen LogP contribution in [0.3, 0.4) is 0 Å². The van der Waals surface area contributed by atoms with Crippen LogP contribution in [0, 0.1) is 0 Å². The minimum Gasteiger partial charge on any atom is -0.345 e. The molecule has 0 bridgehead atoms. The summed E-state index contributed by atoms with van der Waals surface area (Å²) in [6.07, 6.45) is 4.91. The predicted molar refractivity (Wildman–Crippen MR) is 83.9 cm³/mol. The summed E-state index contributed by atoms with van der Waals surface area (Å²) >= 11 is 3.24. The zero-order chi connectivity index (χ0) is 14.7. The van der Waals surface area contributed by atoms with Gasteiger partial charge in [-0.15, -0.1) is 0 Å². The van der Waals surface area contributed by atoms with Crippen molar-refractivity contribution in [3.8, 4) is 11.3 Å². The summed E-state index contributed by atoms with van der Waals surface area (Å²) < 4.78 is 0.697. The van der Waals surface area contributed by atoms with Crippen LogP contribution in [0.4, 0.5) is 5.69 Å². The summed E-state index contributed by atoms with van der Waals surface area (Å²) in [6, 6.07) is 11.0. The van der Waals surface area contributed by atoms with E-state index in [1.165, 1.54) is 6.20 Å². The van der Waals surface area contributed by atoms with Gasteiger partial charge in [-0.05, 0) is 45.8 Å². The highest BCUT2D eigenvalue weighted by Gasteiger charge is 2.07. The fourth-order valence-corrected chi connectivity index (χ4v) is 2.09. The van der Waals surface area contributed by atoms with E-state index in [4.69, 9.17) is 0 Å². The Labute approximate surface area is 129 Å². The third kappa shape index (κ3) is 3.17. The van der Waals surface area contributed by atoms with E-state index < -0.39 is 0 Å². The van der Waals surface area contributed by atoms with Gasteiger partial charge in [-0.3, -0.25) is 4.79 Å². The molecule has 5 nitrogen and oxygen atoms in total. The maximum Gasteiger partial charge on any atom is 0.257 e. The first-order valence-electron chi connectivity index (χ1n) is 6.24. The van der Waals surface area contributed by atoms with Crippen LogP contribution in [-0.2, 0) is 0 Å². The van der Waals surface area contributed by atoms with E-state index in [9.17, 15) is 4.79 Å². The van der Waals surface area contributed by atoms with E-state index in [0.29, 0.717) is 10.2 Å². The molecule has 2 N–H and O–H groups in total. The largest absolute Gasteiger partial charge is 0.345 e. The van der Waals surface area contributed by atoms with Gasteiger partial charge in [0.25, 0.3) is 5.91 Å². The normalized spacial score (nSPS) is 10.3. The minimum atomic E-state index is -0.190. The van der Waals surface area contributed by atoms with Crippen molar-refractivity contribution in [3.05, 3.63) is 65.3 Å². The smallest absolute Gasteiger partial charge is 0.257 e. The van der Waals surface area contributed by atoms with Gasteiger partial charge in [0.05, 0.1) is 23.8 Å². The van der Waals surface area contributed by atoms with Gasteiger partial charge >= 0.3 is 0 Å². The molecule has 1 amide bonds. The van der Waals surface area contributed by atoms with Crippen molar-refractivity contribution < 1.29 is 4.79 Å². The summed E-state index contributed by atoms with van der Waals surface area (Å²) in [5, 5.41) is 2.83. The highest BCUT2D eigenvalue weighted by atomic mass is 79.9. The van der Waals surface area contributed by atoms with E-state index in [1.807, 2.05) is 24.3 Å². The molecule has 0 radical (unpaired) electrons. The number of halogens is 1. The maximum absolute atomic E-state index is 12.1. The second-order valence-corrected chi connectivity index (χ2v) is 5.18. The average molecular weight is 343 g/mol. The minimum absolute atomic E-state index is 0.190. The lowest BCUT2D eigenvalue weighted by Gasteiger charge is -2.06. The quantitative estimate of drug-likeness (QED) is 0.715. The Hall–Kier alpha value is -2.47. The highest BCUT2D eigenvalue weighted by molar-refractivity contribution is 9.10. The number of amides is 1. The number of carbonyl (C=O) groups is 1. The second-order valence-electron chi connectivity index (χ2n) is 4.37. The lowest BCUT2D eigenvalue weighted by atomic mass is 10.1. The molecule has 3 rings (SSSR count). The van der Waals surface area contributed by atoms with Crippen LogP contribution in [0.5, 0.6) is 0 Å². The molecule has 0 spiro atoms. The lowest BCUT2D eigenvalue weighted by Crippen LogP contribution is -2.11. The first kappa shape index (κ1) is 13.5. The molecule has 104 valence electrons. The zero-order valence-electron chi connectivity index (χ0n) is 10.9. The molecule has 0 aliphatic heterocycles. The first-order valence-corrected chi connectivity index (χ1v) is 7.03. The average Bonchev–Trinajstić information content (AvgIpc) is 3.03. The van der Waals surface area contributed by atoms with E-state index in [2.05, 4.69) is 36.2 Å². The Morgan fingerprint density at radius 3 is 2.52 bits per heavy atom. The molecule has 1 aromatic carbocycles. The number of aromatic nitrogens is 3. The van der Waals surface area contributed by atoms with Crippen LogP contribution in [0.25, 0.3) is 11.3 Å². The number of carbonyl (C=O) groups excluding carboxylic acids is 1. The van der Waals surface area contributed by atoms with Gasteiger partial charge in [-0.2, -0.15) is 0 Å². The van der Waals surface area contributed by atoms with Crippen LogP contribution in [0.2, 0.25) is 0 Å². The molecule has 0 saturated heterocycles. The number of rotatable bonds is 3. The highest BCUT2D eigenvalue weighted by Crippen LogP contribution is 2.19. The SMILES string of the molecule is O=C(Nc1ccc(-c2cnc[nH]2)cc1)c1ccc(Br)nc1. The number of hydrogen-bond acceptors (Lipinski definition) is 3. The molecular weight excluding hydrogens is 332 g/mol. The summed E-state index contributed by atoms with van der Waals surface area (Å²) in [4.78, 5) is 23.1. The second kappa shape index (κ2) is 5.88. The van der Waals surface area contributed by atoms with Crippen LogP contribution in [-0.4, -0.2) is 20.9 Å². The van der Waals surface area contributed by atoms with Crippen LogP contribution >= 0.6 is 15.9 Å². The van der Waals surface area contributed by atoms with Crippen LogP contribution in [0.15, 0.2) is 59.7 Å². The Morgan fingerprint density at radius 1 is 1.10 bits per heavy atom. The predicted octanol–water partition coefficient (Wildman–Crippen LogP) is 3.49. The van der Waals surface area contributed by atoms with Crippen molar-refractivity contribution in [2.45, 2.75) is 0 Å². The van der Waals surface area contributed by atoms with Gasteiger partial charge in [0.2, 0.25) is 0 Å². The maximum atomic E-state index is 12.1. The fraction of sp³-hybridized carbons (Fsp3) is 0. The lowest BCUT2D eigenvalue weighted by molar-refractivity contribution is 0.102. The molecule has 0 aliphatic carbocycles. The molecule has 0 fully saturated rings. The van der Waals surface area contributed by atoms with Crippen molar-refractivity contribution in [1.29, 1.82) is 0 Å². The molecule has 6 heteroatoms. The van der Waals surface area contributed by atoms with Crippen LogP contribution in [0.1, 0.15) is 10.4 Å². The Bertz CT molecular complexity index is 736. The van der Waals surface area contributed by atoms with E-state index in [-0.39, 0.29) is 5.91 Å². The Balaban J connectivity index is 1.73. The van der Waals surface area contributed by atoms with Crippen molar-refractivity contribution in [1.82, 2.24) is 15.0 Å². The van der Waals surface area contributed by atoms with Crippen LogP contribution < -0.4 is 5.32 Å².